The van der Waals surface area contributed by atoms with Crippen molar-refractivity contribution in [3.05, 3.63) is 77.4 Å². The Kier molecular flexibility index (Phi) is 6.27. The third-order valence-electron chi connectivity index (χ3n) is 4.76. The monoisotopic (exact) mass is 401 g/mol. The Labute approximate surface area is 170 Å². The van der Waals surface area contributed by atoms with Gasteiger partial charge in [0.2, 0.25) is 0 Å². The summed E-state index contributed by atoms with van der Waals surface area (Å²) in [6.07, 6.45) is 2.03. The molecule has 0 saturated carbocycles. The fraction of sp³-hybridized carbons (Fsp3) is 0.273. The fourth-order valence-corrected chi connectivity index (χ4v) is 3.63. The van der Waals surface area contributed by atoms with Crippen LogP contribution in [0.15, 0.2) is 54.7 Å². The van der Waals surface area contributed by atoms with Crippen LogP contribution in [-0.4, -0.2) is 17.8 Å². The highest BCUT2D eigenvalue weighted by molar-refractivity contribution is 5.56. The van der Waals surface area contributed by atoms with E-state index in [0.717, 1.165) is 34.0 Å². The van der Waals surface area contributed by atoms with Crippen molar-refractivity contribution in [1.29, 1.82) is 0 Å². The van der Waals surface area contributed by atoms with Gasteiger partial charge >= 0.3 is 0 Å². The molecule has 0 saturated heterocycles. The summed E-state index contributed by atoms with van der Waals surface area (Å²) < 4.78 is 27.5. The van der Waals surface area contributed by atoms with Gasteiger partial charge in [0.15, 0.2) is 11.5 Å². The molecule has 1 aliphatic heterocycles. The molecule has 1 aliphatic rings. The third-order valence-corrected chi connectivity index (χ3v) is 4.76. The first kappa shape index (κ1) is 20.2. The number of rotatable bonds is 5. The Bertz CT molecular complexity index is 957. The zero-order valence-electron chi connectivity index (χ0n) is 15.9. The van der Waals surface area contributed by atoms with Crippen LogP contribution in [0.25, 0.3) is 5.69 Å². The van der Waals surface area contributed by atoms with Gasteiger partial charge in [-0.1, -0.05) is 12.1 Å². The molecule has 4 rings (SSSR count). The van der Waals surface area contributed by atoms with Crippen molar-refractivity contribution < 1.29 is 26.3 Å². The molecule has 6 heteroatoms. The number of ether oxygens (including phenoxy) is 2. The third kappa shape index (κ3) is 3.73. The van der Waals surface area contributed by atoms with E-state index in [9.17, 15) is 4.39 Å². The number of fused-ring (bicyclic) bond motifs is 3. The molecule has 2 aromatic carbocycles. The van der Waals surface area contributed by atoms with Crippen molar-refractivity contribution in [2.45, 2.75) is 26.4 Å². The van der Waals surface area contributed by atoms with Crippen LogP contribution in [0.1, 0.15) is 36.7 Å². The van der Waals surface area contributed by atoms with E-state index in [1.807, 2.05) is 44.3 Å². The van der Waals surface area contributed by atoms with E-state index in [0.29, 0.717) is 19.8 Å². The van der Waals surface area contributed by atoms with Gasteiger partial charge < -0.3 is 31.8 Å². The highest BCUT2D eigenvalue weighted by Crippen LogP contribution is 2.37. The quantitative estimate of drug-likeness (QED) is 0.705. The Morgan fingerprint density at radius 2 is 1.79 bits per heavy atom. The summed E-state index contributed by atoms with van der Waals surface area (Å²) in [5.74, 6) is 1.26. The second-order valence-corrected chi connectivity index (χ2v) is 6.47. The largest absolute Gasteiger partial charge is 1.00 e. The second kappa shape index (κ2) is 8.67. The van der Waals surface area contributed by atoms with E-state index in [-0.39, 0.29) is 24.3 Å². The zero-order chi connectivity index (χ0) is 18.8. The van der Waals surface area contributed by atoms with E-state index in [1.165, 1.54) is 6.07 Å². The predicted molar refractivity (Wildman–Crippen MR) is 103 cm³/mol. The van der Waals surface area contributed by atoms with Gasteiger partial charge in [-0.15, -0.1) is 0 Å². The molecule has 0 spiro atoms. The summed E-state index contributed by atoms with van der Waals surface area (Å²) in [4.78, 5) is 0. The number of halogens is 2. The summed E-state index contributed by atoms with van der Waals surface area (Å²) in [7, 11) is 0. The molecule has 2 heterocycles. The molecule has 28 heavy (non-hydrogen) atoms. The molecule has 1 atom stereocenters. The number of nitrogens with zero attached hydrogens (tertiary/aromatic N) is 1. The summed E-state index contributed by atoms with van der Waals surface area (Å²) in [5, 5.41) is 3.56. The number of hydrogen-bond donors (Lipinski definition) is 1. The first-order chi connectivity index (χ1) is 13.2. The van der Waals surface area contributed by atoms with E-state index < -0.39 is 0 Å². The molecule has 0 bridgehead atoms. The average Bonchev–Trinajstić information content (AvgIpc) is 3.08. The number of aromatic nitrogens is 1. The SMILES string of the molecule is CCOc1cc2c(cc1OCC)-n1cccc1C(c1cccc(F)c1)NC2.[Cl-]. The maximum atomic E-state index is 13.8. The Balaban J connectivity index is 0.00000225. The molecule has 148 valence electrons. The van der Waals surface area contributed by atoms with Crippen molar-refractivity contribution >= 4 is 0 Å². The van der Waals surface area contributed by atoms with Gasteiger partial charge in [0.05, 0.1) is 24.9 Å². The van der Waals surface area contributed by atoms with Gasteiger partial charge in [-0.3, -0.25) is 0 Å². The van der Waals surface area contributed by atoms with Gasteiger partial charge in [0.1, 0.15) is 5.82 Å². The summed E-state index contributed by atoms with van der Waals surface area (Å²) in [5.41, 5.74) is 4.12. The molecule has 1 aromatic heterocycles. The predicted octanol–water partition coefficient (Wildman–Crippen LogP) is 1.61. The van der Waals surface area contributed by atoms with Gasteiger partial charge in [-0.2, -0.15) is 0 Å². The van der Waals surface area contributed by atoms with Crippen LogP contribution in [0, 0.1) is 5.82 Å². The lowest BCUT2D eigenvalue weighted by Gasteiger charge is -2.18. The van der Waals surface area contributed by atoms with Gasteiger partial charge in [0, 0.05) is 24.5 Å². The normalized spacial score (nSPS) is 15.0. The van der Waals surface area contributed by atoms with Gasteiger partial charge in [-0.25, -0.2) is 4.39 Å². The lowest BCUT2D eigenvalue weighted by molar-refractivity contribution is -0.00000704. The minimum atomic E-state index is -0.230. The molecule has 0 aliphatic carbocycles. The van der Waals surface area contributed by atoms with Crippen LogP contribution >= 0.6 is 0 Å². The average molecular weight is 402 g/mol. The number of benzene rings is 2. The van der Waals surface area contributed by atoms with E-state index in [4.69, 9.17) is 9.47 Å². The van der Waals surface area contributed by atoms with Crippen LogP contribution in [0.4, 0.5) is 4.39 Å². The van der Waals surface area contributed by atoms with Crippen molar-refractivity contribution in [1.82, 2.24) is 9.88 Å². The van der Waals surface area contributed by atoms with Crippen molar-refractivity contribution in [2.24, 2.45) is 0 Å². The Morgan fingerprint density at radius 1 is 1.04 bits per heavy atom. The maximum Gasteiger partial charge on any atom is 0.163 e. The summed E-state index contributed by atoms with van der Waals surface area (Å²) in [6, 6.07) is 14.8. The summed E-state index contributed by atoms with van der Waals surface area (Å²) >= 11 is 0. The number of nitrogens with one attached hydrogen (secondary N) is 1. The van der Waals surface area contributed by atoms with Crippen LogP contribution in [0.5, 0.6) is 11.5 Å². The highest BCUT2D eigenvalue weighted by atomic mass is 35.5. The molecule has 0 fully saturated rings. The smallest absolute Gasteiger partial charge is 0.163 e. The topological polar surface area (TPSA) is 35.4 Å². The summed E-state index contributed by atoms with van der Waals surface area (Å²) in [6.45, 7) is 5.72. The molecular formula is C22H23ClFN2O2-. The first-order valence-corrected chi connectivity index (χ1v) is 9.30. The molecule has 4 nitrogen and oxygen atoms in total. The van der Waals surface area contributed by atoms with Crippen LogP contribution < -0.4 is 27.2 Å². The molecule has 1 unspecified atom stereocenters. The van der Waals surface area contributed by atoms with Crippen LogP contribution in [-0.2, 0) is 6.54 Å². The molecule has 0 amide bonds. The van der Waals surface area contributed by atoms with E-state index in [1.54, 1.807) is 12.1 Å². The minimum absolute atomic E-state index is 0. The van der Waals surface area contributed by atoms with Crippen molar-refractivity contribution in [2.75, 3.05) is 13.2 Å². The Morgan fingerprint density at radius 3 is 2.50 bits per heavy atom. The Hall–Kier alpha value is -2.50. The highest BCUT2D eigenvalue weighted by Gasteiger charge is 2.24. The fourth-order valence-electron chi connectivity index (χ4n) is 3.63. The first-order valence-electron chi connectivity index (χ1n) is 9.30. The minimum Gasteiger partial charge on any atom is -1.00 e. The van der Waals surface area contributed by atoms with Crippen molar-refractivity contribution in [3.63, 3.8) is 0 Å². The van der Waals surface area contributed by atoms with Gasteiger partial charge in [0.25, 0.3) is 0 Å². The maximum absolute atomic E-state index is 13.8. The molecule has 1 N–H and O–H groups in total. The van der Waals surface area contributed by atoms with Gasteiger partial charge in [-0.05, 0) is 55.3 Å². The standard InChI is InChI=1S/C22H23FN2O2.ClH/c1-3-26-20-12-16-14-24-22(15-7-5-8-17(23)11-15)18-9-6-10-25(18)19(16)13-21(20)27-4-2;/h5-13,22,24H,3-4,14H2,1-2H3;1H/p-1. The van der Waals surface area contributed by atoms with Crippen LogP contribution in [0.3, 0.4) is 0 Å². The van der Waals surface area contributed by atoms with E-state index in [2.05, 4.69) is 16.0 Å². The molecular weight excluding hydrogens is 379 g/mol. The second-order valence-electron chi connectivity index (χ2n) is 6.47. The molecule has 3 aromatic rings. The van der Waals surface area contributed by atoms with Crippen molar-refractivity contribution in [3.8, 4) is 17.2 Å². The lowest BCUT2D eigenvalue weighted by atomic mass is 10.0. The zero-order valence-corrected chi connectivity index (χ0v) is 16.7. The van der Waals surface area contributed by atoms with Crippen LogP contribution in [0.2, 0.25) is 0 Å². The molecule has 0 radical (unpaired) electrons. The number of hydrogen-bond acceptors (Lipinski definition) is 3. The van der Waals surface area contributed by atoms with E-state index >= 15 is 0 Å². The lowest BCUT2D eigenvalue weighted by Crippen LogP contribution is -3.00.